The Hall–Kier alpha value is -2.77. The van der Waals surface area contributed by atoms with Gasteiger partial charge in [0.15, 0.2) is 0 Å². The minimum absolute atomic E-state index is 0.110. The number of anilines is 1. The number of nitrogens with zero attached hydrogens (tertiary/aromatic N) is 2. The fourth-order valence-corrected chi connectivity index (χ4v) is 5.25. The van der Waals surface area contributed by atoms with Crippen molar-refractivity contribution in [2.24, 2.45) is 0 Å². The van der Waals surface area contributed by atoms with Crippen LogP contribution in [-0.4, -0.2) is 22.8 Å². The molecule has 0 bridgehead atoms. The average Bonchev–Trinajstić information content (AvgIpc) is 3.34. The maximum absolute atomic E-state index is 12.9. The third-order valence-corrected chi connectivity index (χ3v) is 7.41. The molecule has 0 spiro atoms. The first-order chi connectivity index (χ1) is 15.9. The van der Waals surface area contributed by atoms with Gasteiger partial charge >= 0.3 is 0 Å². The SMILES string of the molecule is Cc1ccc2nc(-c3ccc(N4C(=O)CC(NCc5ccc(Cl)c(Cl)c5)C4=O)cc3)sc2c1. The highest BCUT2D eigenvalue weighted by molar-refractivity contribution is 7.21. The lowest BCUT2D eigenvalue weighted by Crippen LogP contribution is -2.38. The lowest BCUT2D eigenvalue weighted by molar-refractivity contribution is -0.121. The number of nitrogens with one attached hydrogen (secondary N) is 1. The number of hydrogen-bond donors (Lipinski definition) is 1. The highest BCUT2D eigenvalue weighted by Crippen LogP contribution is 2.32. The van der Waals surface area contributed by atoms with Crippen LogP contribution in [0.3, 0.4) is 0 Å². The van der Waals surface area contributed by atoms with E-state index in [0.717, 1.165) is 26.4 Å². The number of amides is 2. The van der Waals surface area contributed by atoms with E-state index in [4.69, 9.17) is 28.2 Å². The molecule has 166 valence electrons. The summed E-state index contributed by atoms with van der Waals surface area (Å²) in [5.74, 6) is -0.488. The zero-order valence-corrected chi connectivity index (χ0v) is 20.0. The Morgan fingerprint density at radius 3 is 2.58 bits per heavy atom. The summed E-state index contributed by atoms with van der Waals surface area (Å²) in [5, 5.41) is 4.99. The van der Waals surface area contributed by atoms with Crippen molar-refractivity contribution >= 4 is 62.3 Å². The van der Waals surface area contributed by atoms with E-state index in [9.17, 15) is 9.59 Å². The molecule has 1 atom stereocenters. The number of carbonyl (C=O) groups excluding carboxylic acids is 2. The van der Waals surface area contributed by atoms with Crippen molar-refractivity contribution in [2.75, 3.05) is 4.90 Å². The fraction of sp³-hybridized carbons (Fsp3) is 0.160. The third kappa shape index (κ3) is 4.39. The molecule has 0 aliphatic carbocycles. The molecule has 4 aromatic rings. The van der Waals surface area contributed by atoms with E-state index in [1.54, 1.807) is 35.6 Å². The van der Waals surface area contributed by atoms with Crippen molar-refractivity contribution in [3.05, 3.63) is 81.8 Å². The van der Waals surface area contributed by atoms with Gasteiger partial charge < -0.3 is 5.32 Å². The largest absolute Gasteiger partial charge is 0.301 e. The van der Waals surface area contributed by atoms with Gasteiger partial charge in [0.2, 0.25) is 5.91 Å². The molecular formula is C25H19Cl2N3O2S. The Morgan fingerprint density at radius 1 is 1.03 bits per heavy atom. The van der Waals surface area contributed by atoms with E-state index >= 15 is 0 Å². The molecular weight excluding hydrogens is 477 g/mol. The maximum atomic E-state index is 12.9. The van der Waals surface area contributed by atoms with Crippen molar-refractivity contribution in [3.63, 3.8) is 0 Å². The first kappa shape index (κ1) is 22.0. The molecule has 0 radical (unpaired) electrons. The molecule has 8 heteroatoms. The average molecular weight is 496 g/mol. The van der Waals surface area contributed by atoms with Crippen LogP contribution in [0.25, 0.3) is 20.8 Å². The number of thiazole rings is 1. The number of carbonyl (C=O) groups is 2. The number of imide groups is 1. The number of aromatic nitrogens is 1. The zero-order valence-electron chi connectivity index (χ0n) is 17.6. The van der Waals surface area contributed by atoms with Crippen molar-refractivity contribution in [3.8, 4) is 10.6 Å². The highest BCUT2D eigenvalue weighted by Gasteiger charge is 2.39. The van der Waals surface area contributed by atoms with Crippen LogP contribution in [0.5, 0.6) is 0 Å². The van der Waals surface area contributed by atoms with E-state index in [-0.39, 0.29) is 18.2 Å². The lowest BCUT2D eigenvalue weighted by atomic mass is 10.2. The molecule has 5 rings (SSSR count). The standard InChI is InChI=1S/C25H19Cl2N3O2S/c1-14-2-9-20-22(10-14)33-24(29-20)16-4-6-17(7-5-16)30-23(31)12-21(25(30)32)28-13-15-3-8-18(26)19(27)11-15/h2-11,21,28H,12-13H2,1H3. The summed E-state index contributed by atoms with van der Waals surface area (Å²) in [7, 11) is 0. The predicted molar refractivity (Wildman–Crippen MR) is 134 cm³/mol. The van der Waals surface area contributed by atoms with Crippen molar-refractivity contribution < 1.29 is 9.59 Å². The van der Waals surface area contributed by atoms with Gasteiger partial charge in [-0.1, -0.05) is 35.3 Å². The third-order valence-electron chi connectivity index (χ3n) is 5.60. The predicted octanol–water partition coefficient (Wildman–Crippen LogP) is 6.00. The molecule has 1 unspecified atom stereocenters. The number of rotatable bonds is 5. The van der Waals surface area contributed by atoms with Crippen LogP contribution in [0, 0.1) is 6.92 Å². The first-order valence-corrected chi connectivity index (χ1v) is 12.0. The molecule has 5 nitrogen and oxygen atoms in total. The van der Waals surface area contributed by atoms with Crippen LogP contribution in [0.15, 0.2) is 60.7 Å². The summed E-state index contributed by atoms with van der Waals surface area (Å²) in [4.78, 5) is 31.5. The van der Waals surface area contributed by atoms with E-state index in [1.807, 2.05) is 30.3 Å². The minimum Gasteiger partial charge on any atom is -0.301 e. The molecule has 1 aliphatic heterocycles. The normalized spacial score (nSPS) is 16.2. The van der Waals surface area contributed by atoms with Gasteiger partial charge in [0.25, 0.3) is 5.91 Å². The van der Waals surface area contributed by atoms with Crippen molar-refractivity contribution in [2.45, 2.75) is 25.9 Å². The molecule has 1 aliphatic rings. The van der Waals surface area contributed by atoms with E-state index in [1.165, 1.54) is 10.5 Å². The Balaban J connectivity index is 1.30. The molecule has 0 saturated carbocycles. The number of halogens is 2. The second-order valence-corrected chi connectivity index (χ2v) is 9.84. The Kier molecular flexibility index (Phi) is 5.93. The second kappa shape index (κ2) is 8.88. The van der Waals surface area contributed by atoms with Gasteiger partial charge in [-0.25, -0.2) is 9.88 Å². The van der Waals surface area contributed by atoms with Gasteiger partial charge in [-0.3, -0.25) is 9.59 Å². The highest BCUT2D eigenvalue weighted by atomic mass is 35.5. The number of hydrogen-bond acceptors (Lipinski definition) is 5. The summed E-state index contributed by atoms with van der Waals surface area (Å²) >= 11 is 13.6. The van der Waals surface area contributed by atoms with Crippen LogP contribution >= 0.6 is 34.5 Å². The number of fused-ring (bicyclic) bond motifs is 1. The topological polar surface area (TPSA) is 62.3 Å². The van der Waals surface area contributed by atoms with Crippen molar-refractivity contribution in [1.82, 2.24) is 10.3 Å². The Labute approximate surface area is 205 Å². The van der Waals surface area contributed by atoms with Gasteiger partial charge in [0, 0.05) is 12.1 Å². The fourth-order valence-electron chi connectivity index (χ4n) is 3.86. The molecule has 1 N–H and O–H groups in total. The van der Waals surface area contributed by atoms with Crippen LogP contribution < -0.4 is 10.2 Å². The molecule has 33 heavy (non-hydrogen) atoms. The van der Waals surface area contributed by atoms with Gasteiger partial charge in [-0.15, -0.1) is 11.3 Å². The second-order valence-electron chi connectivity index (χ2n) is 7.99. The van der Waals surface area contributed by atoms with E-state index < -0.39 is 6.04 Å². The Morgan fingerprint density at radius 2 is 1.82 bits per heavy atom. The monoisotopic (exact) mass is 495 g/mol. The van der Waals surface area contributed by atoms with Gasteiger partial charge in [0.05, 0.1) is 38.4 Å². The number of benzene rings is 3. The van der Waals surface area contributed by atoms with Crippen LogP contribution in [0.2, 0.25) is 10.0 Å². The minimum atomic E-state index is -0.584. The summed E-state index contributed by atoms with van der Waals surface area (Å²) in [6, 6.07) is 18.3. The quantitative estimate of drug-likeness (QED) is 0.345. The summed E-state index contributed by atoms with van der Waals surface area (Å²) in [6.45, 7) is 2.47. The maximum Gasteiger partial charge on any atom is 0.251 e. The van der Waals surface area contributed by atoms with Crippen LogP contribution in [-0.2, 0) is 16.1 Å². The first-order valence-electron chi connectivity index (χ1n) is 10.4. The smallest absolute Gasteiger partial charge is 0.251 e. The zero-order chi connectivity index (χ0) is 23.1. The van der Waals surface area contributed by atoms with Gasteiger partial charge in [0.1, 0.15) is 5.01 Å². The lowest BCUT2D eigenvalue weighted by Gasteiger charge is -2.16. The van der Waals surface area contributed by atoms with Crippen LogP contribution in [0.1, 0.15) is 17.5 Å². The molecule has 1 fully saturated rings. The molecule has 1 aromatic heterocycles. The molecule has 2 amide bonds. The number of aryl methyl sites for hydroxylation is 1. The molecule has 3 aromatic carbocycles. The summed E-state index contributed by atoms with van der Waals surface area (Å²) in [5.41, 5.74) is 4.56. The van der Waals surface area contributed by atoms with Crippen LogP contribution in [0.4, 0.5) is 5.69 Å². The summed E-state index contributed by atoms with van der Waals surface area (Å²) < 4.78 is 1.13. The van der Waals surface area contributed by atoms with E-state index in [2.05, 4.69) is 18.3 Å². The summed E-state index contributed by atoms with van der Waals surface area (Å²) in [6.07, 6.45) is 0.110. The molecule has 1 saturated heterocycles. The van der Waals surface area contributed by atoms with Crippen molar-refractivity contribution in [1.29, 1.82) is 0 Å². The van der Waals surface area contributed by atoms with Gasteiger partial charge in [-0.05, 0) is 66.6 Å². The van der Waals surface area contributed by atoms with Gasteiger partial charge in [-0.2, -0.15) is 0 Å². The van der Waals surface area contributed by atoms with E-state index in [0.29, 0.717) is 22.3 Å². The Bertz CT molecular complexity index is 1380. The molecule has 2 heterocycles.